The molecule has 1 N–H and O–H groups in total. The van der Waals surface area contributed by atoms with E-state index in [4.69, 9.17) is 4.74 Å². The normalized spacial score (nSPS) is 16.0. The van der Waals surface area contributed by atoms with Gasteiger partial charge < -0.3 is 14.7 Å². The number of aliphatic hydroxyl groups excluding tert-OH is 1. The quantitative estimate of drug-likeness (QED) is 0.839. The van der Waals surface area contributed by atoms with Crippen molar-refractivity contribution < 1.29 is 9.84 Å². The van der Waals surface area contributed by atoms with E-state index in [-0.39, 0.29) is 12.4 Å². The van der Waals surface area contributed by atoms with Crippen LogP contribution in [0.3, 0.4) is 0 Å². The number of anilines is 1. The van der Waals surface area contributed by atoms with E-state index in [9.17, 15) is 5.11 Å². The molecule has 142 valence electrons. The number of piperazine rings is 1. The van der Waals surface area contributed by atoms with Crippen molar-refractivity contribution in [3.05, 3.63) is 59.7 Å². The van der Waals surface area contributed by atoms with Gasteiger partial charge in [0, 0.05) is 38.4 Å². The first-order valence-corrected chi connectivity index (χ1v) is 9.02. The van der Waals surface area contributed by atoms with Gasteiger partial charge in [0.15, 0.2) is 0 Å². The number of β-amino-alcohol motifs (C(OH)–C–C–N with tert-alkyl or cyclic N) is 1. The highest BCUT2D eigenvalue weighted by atomic mass is 35.5. The Labute approximate surface area is 162 Å². The lowest BCUT2D eigenvalue weighted by atomic mass is 10.1. The molecule has 2 aromatic rings. The van der Waals surface area contributed by atoms with E-state index < -0.39 is 6.10 Å². The molecule has 1 aliphatic heterocycles. The number of hydrogen-bond acceptors (Lipinski definition) is 4. The molecule has 0 spiro atoms. The molecular formula is C21H29ClN2O2. The van der Waals surface area contributed by atoms with Crippen LogP contribution in [0.1, 0.15) is 11.1 Å². The molecule has 1 aliphatic rings. The molecule has 3 rings (SSSR count). The summed E-state index contributed by atoms with van der Waals surface area (Å²) in [5, 5.41) is 10.3. The second kappa shape index (κ2) is 9.81. The molecule has 5 heteroatoms. The molecule has 1 unspecified atom stereocenters. The molecule has 4 nitrogen and oxygen atoms in total. The molecule has 0 amide bonds. The minimum atomic E-state index is -0.469. The Morgan fingerprint density at radius 1 is 1.00 bits per heavy atom. The van der Waals surface area contributed by atoms with Gasteiger partial charge in [0.05, 0.1) is 0 Å². The number of ether oxygens (including phenoxy) is 1. The first-order chi connectivity index (χ1) is 12.1. The van der Waals surface area contributed by atoms with Crippen molar-refractivity contribution in [3.63, 3.8) is 0 Å². The average molecular weight is 377 g/mol. The summed E-state index contributed by atoms with van der Waals surface area (Å²) in [7, 11) is 0. The third-order valence-corrected chi connectivity index (χ3v) is 4.74. The Hall–Kier alpha value is -1.75. The molecular weight excluding hydrogens is 348 g/mol. The van der Waals surface area contributed by atoms with Crippen LogP contribution < -0.4 is 9.64 Å². The van der Waals surface area contributed by atoms with Crippen LogP contribution in [0.25, 0.3) is 0 Å². The summed E-state index contributed by atoms with van der Waals surface area (Å²) in [5.74, 6) is 0.868. The van der Waals surface area contributed by atoms with Gasteiger partial charge in [0.25, 0.3) is 0 Å². The smallest absolute Gasteiger partial charge is 0.122 e. The van der Waals surface area contributed by atoms with Gasteiger partial charge in [-0.1, -0.05) is 30.3 Å². The van der Waals surface area contributed by atoms with Gasteiger partial charge in [-0.2, -0.15) is 0 Å². The number of aliphatic hydroxyl groups is 1. The average Bonchev–Trinajstić information content (AvgIpc) is 2.64. The van der Waals surface area contributed by atoms with Gasteiger partial charge in [0.2, 0.25) is 0 Å². The number of hydrogen-bond donors (Lipinski definition) is 1. The number of aryl methyl sites for hydroxylation is 2. The maximum absolute atomic E-state index is 10.3. The maximum Gasteiger partial charge on any atom is 0.122 e. The molecule has 1 fully saturated rings. The van der Waals surface area contributed by atoms with Gasteiger partial charge in [-0.15, -0.1) is 12.4 Å². The zero-order valence-corrected chi connectivity index (χ0v) is 16.4. The summed E-state index contributed by atoms with van der Waals surface area (Å²) in [6.45, 7) is 9.00. The van der Waals surface area contributed by atoms with Crippen LogP contribution in [-0.2, 0) is 0 Å². The Morgan fingerprint density at radius 2 is 1.69 bits per heavy atom. The molecule has 1 atom stereocenters. The number of para-hydroxylation sites is 1. The van der Waals surface area contributed by atoms with Gasteiger partial charge in [-0.25, -0.2) is 0 Å². The van der Waals surface area contributed by atoms with E-state index in [2.05, 4.69) is 53.1 Å². The predicted octanol–water partition coefficient (Wildman–Crippen LogP) is 3.29. The highest BCUT2D eigenvalue weighted by molar-refractivity contribution is 5.85. The van der Waals surface area contributed by atoms with Crippen LogP contribution in [0.4, 0.5) is 5.69 Å². The van der Waals surface area contributed by atoms with E-state index in [1.165, 1.54) is 11.3 Å². The molecule has 0 bridgehead atoms. The molecule has 1 heterocycles. The lowest BCUT2D eigenvalue weighted by molar-refractivity contribution is 0.0660. The van der Waals surface area contributed by atoms with E-state index in [0.717, 1.165) is 37.5 Å². The Kier molecular flexibility index (Phi) is 7.76. The summed E-state index contributed by atoms with van der Waals surface area (Å²) in [6.07, 6.45) is -0.469. The Morgan fingerprint density at radius 3 is 2.38 bits per heavy atom. The number of nitrogens with zero attached hydrogens (tertiary/aromatic N) is 2. The van der Waals surface area contributed by atoms with Crippen LogP contribution in [-0.4, -0.2) is 55.4 Å². The molecule has 0 aliphatic carbocycles. The van der Waals surface area contributed by atoms with Crippen LogP contribution in [0.2, 0.25) is 0 Å². The Bertz CT molecular complexity index is 673. The number of rotatable bonds is 6. The summed E-state index contributed by atoms with van der Waals surface area (Å²) in [4.78, 5) is 4.71. The van der Waals surface area contributed by atoms with Crippen molar-refractivity contribution in [2.45, 2.75) is 20.0 Å². The van der Waals surface area contributed by atoms with Crippen molar-refractivity contribution in [2.75, 3.05) is 44.2 Å². The second-order valence-electron chi connectivity index (χ2n) is 6.86. The topological polar surface area (TPSA) is 35.9 Å². The standard InChI is InChI=1S/C21H28N2O2.ClH/c1-17-8-9-18(2)21(14-17)25-16-20(24)15-22-10-12-23(13-11-22)19-6-4-3-5-7-19;/h3-9,14,20,24H,10-13,15-16H2,1-2H3;1H. The van der Waals surface area contributed by atoms with Crippen molar-refractivity contribution >= 4 is 18.1 Å². The summed E-state index contributed by atoms with van der Waals surface area (Å²) in [6, 6.07) is 16.7. The minimum Gasteiger partial charge on any atom is -0.491 e. The lowest BCUT2D eigenvalue weighted by Crippen LogP contribution is -2.49. The molecule has 1 saturated heterocycles. The fourth-order valence-electron chi connectivity index (χ4n) is 3.23. The summed E-state index contributed by atoms with van der Waals surface area (Å²) in [5.41, 5.74) is 3.56. The number of benzene rings is 2. The zero-order chi connectivity index (χ0) is 17.6. The monoisotopic (exact) mass is 376 g/mol. The van der Waals surface area contributed by atoms with E-state index >= 15 is 0 Å². The molecule has 0 aromatic heterocycles. The van der Waals surface area contributed by atoms with Crippen LogP contribution in [0.15, 0.2) is 48.5 Å². The molecule has 0 saturated carbocycles. The number of halogens is 1. The minimum absolute atomic E-state index is 0. The van der Waals surface area contributed by atoms with E-state index in [1.54, 1.807) is 0 Å². The maximum atomic E-state index is 10.3. The fraction of sp³-hybridized carbons (Fsp3) is 0.429. The van der Waals surface area contributed by atoms with E-state index in [0.29, 0.717) is 13.2 Å². The largest absolute Gasteiger partial charge is 0.491 e. The molecule has 26 heavy (non-hydrogen) atoms. The van der Waals surface area contributed by atoms with Crippen molar-refractivity contribution in [3.8, 4) is 5.75 Å². The van der Waals surface area contributed by atoms with Crippen molar-refractivity contribution in [2.24, 2.45) is 0 Å². The third kappa shape index (κ3) is 5.63. The van der Waals surface area contributed by atoms with Crippen LogP contribution >= 0.6 is 12.4 Å². The highest BCUT2D eigenvalue weighted by Crippen LogP contribution is 2.19. The Balaban J connectivity index is 0.00000243. The third-order valence-electron chi connectivity index (χ3n) is 4.74. The zero-order valence-electron chi connectivity index (χ0n) is 15.6. The van der Waals surface area contributed by atoms with Gasteiger partial charge in [-0.3, -0.25) is 4.90 Å². The van der Waals surface area contributed by atoms with Gasteiger partial charge >= 0.3 is 0 Å². The summed E-state index contributed by atoms with van der Waals surface area (Å²) >= 11 is 0. The SMILES string of the molecule is Cc1ccc(C)c(OCC(O)CN2CCN(c3ccccc3)CC2)c1.Cl. The first-order valence-electron chi connectivity index (χ1n) is 9.02. The van der Waals surface area contributed by atoms with Crippen molar-refractivity contribution in [1.29, 1.82) is 0 Å². The lowest BCUT2D eigenvalue weighted by Gasteiger charge is -2.36. The van der Waals surface area contributed by atoms with Gasteiger partial charge in [0.1, 0.15) is 18.5 Å². The van der Waals surface area contributed by atoms with Gasteiger partial charge in [-0.05, 0) is 43.2 Å². The summed E-state index contributed by atoms with van der Waals surface area (Å²) < 4.78 is 5.82. The van der Waals surface area contributed by atoms with Crippen molar-refractivity contribution in [1.82, 2.24) is 4.90 Å². The highest BCUT2D eigenvalue weighted by Gasteiger charge is 2.19. The molecule has 0 radical (unpaired) electrons. The predicted molar refractivity (Wildman–Crippen MR) is 110 cm³/mol. The van der Waals surface area contributed by atoms with Crippen LogP contribution in [0, 0.1) is 13.8 Å². The fourth-order valence-corrected chi connectivity index (χ4v) is 3.23. The molecule has 2 aromatic carbocycles. The van der Waals surface area contributed by atoms with Crippen LogP contribution in [0.5, 0.6) is 5.75 Å². The second-order valence-corrected chi connectivity index (χ2v) is 6.86. The first kappa shape index (κ1) is 20.6. The van der Waals surface area contributed by atoms with E-state index in [1.807, 2.05) is 19.1 Å².